The molecule has 2 aliphatic heterocycles. The highest BCUT2D eigenvalue weighted by Gasteiger charge is 2.44. The largest absolute Gasteiger partial charge is 0.514 e. The van der Waals surface area contributed by atoms with Gasteiger partial charge in [0.05, 0.1) is 5.70 Å². The minimum atomic E-state index is -0.331. The van der Waals surface area contributed by atoms with E-state index in [-0.39, 0.29) is 5.54 Å². The Morgan fingerprint density at radius 3 is 2.62 bits per heavy atom. The number of nitrogens with zero attached hydrogens (tertiary/aromatic N) is 3. The van der Waals surface area contributed by atoms with Gasteiger partial charge in [0.2, 0.25) is 0 Å². The van der Waals surface area contributed by atoms with Crippen LogP contribution in [0, 0.1) is 11.8 Å². The molecule has 0 bridgehead atoms. The summed E-state index contributed by atoms with van der Waals surface area (Å²) in [7, 11) is 1.95. The molecule has 5 nitrogen and oxygen atoms in total. The van der Waals surface area contributed by atoms with Crippen LogP contribution < -0.4 is 5.73 Å². The summed E-state index contributed by atoms with van der Waals surface area (Å²) in [6.45, 7) is 5.92. The maximum Gasteiger partial charge on any atom is 0.196 e. The first kappa shape index (κ1) is 22.5. The summed E-state index contributed by atoms with van der Waals surface area (Å²) in [6, 6.07) is 0. The molecule has 0 radical (unpaired) electrons. The lowest BCUT2D eigenvalue weighted by atomic mass is 9.76. The van der Waals surface area contributed by atoms with Crippen LogP contribution in [0.25, 0.3) is 0 Å². The van der Waals surface area contributed by atoms with Gasteiger partial charge >= 0.3 is 0 Å². The molecule has 2 fully saturated rings. The standard InChI is InChI=1S/C24H44N4O/c1-3-4-8-15-28-16-9-12-21(18-28)17-24(14-13-20-10-6-5-7-11-20)22(19-29)27(2)23(25)26-24/h19-21,29H,3-18H2,1-2H3,(H2,25,26)/b22-19-/t21-,24-/m0/s1. The van der Waals surface area contributed by atoms with E-state index in [9.17, 15) is 5.11 Å². The number of aliphatic hydroxyl groups excluding tert-OH is 1. The molecule has 3 aliphatic rings. The molecule has 0 spiro atoms. The van der Waals surface area contributed by atoms with Gasteiger partial charge in [-0.2, -0.15) is 0 Å². The number of unbranched alkanes of at least 4 members (excludes halogenated alkanes) is 2. The van der Waals surface area contributed by atoms with Gasteiger partial charge in [-0.15, -0.1) is 0 Å². The van der Waals surface area contributed by atoms with Crippen molar-refractivity contribution in [3.63, 3.8) is 0 Å². The van der Waals surface area contributed by atoms with Crippen LogP contribution in [0.2, 0.25) is 0 Å². The zero-order valence-electron chi connectivity index (χ0n) is 18.9. The molecular formula is C24H44N4O. The van der Waals surface area contributed by atoms with Crippen molar-refractivity contribution in [1.29, 1.82) is 0 Å². The van der Waals surface area contributed by atoms with E-state index in [1.807, 2.05) is 11.9 Å². The van der Waals surface area contributed by atoms with Crippen LogP contribution >= 0.6 is 0 Å². The first-order valence-corrected chi connectivity index (χ1v) is 12.2. The summed E-state index contributed by atoms with van der Waals surface area (Å²) >= 11 is 0. The van der Waals surface area contributed by atoms with Crippen molar-refractivity contribution in [3.05, 3.63) is 12.0 Å². The quantitative estimate of drug-likeness (QED) is 0.417. The molecule has 2 heterocycles. The number of rotatable bonds is 9. The molecule has 0 unspecified atom stereocenters. The highest BCUT2D eigenvalue weighted by atomic mass is 16.2. The number of aliphatic hydroxyl groups is 1. The summed E-state index contributed by atoms with van der Waals surface area (Å²) in [4.78, 5) is 9.57. The zero-order chi connectivity index (χ0) is 20.7. The number of aliphatic imine (C=N–C) groups is 1. The second-order valence-electron chi connectivity index (χ2n) is 9.84. The third-order valence-corrected chi connectivity index (χ3v) is 7.63. The van der Waals surface area contributed by atoms with Crippen LogP contribution in [-0.4, -0.2) is 53.1 Å². The molecular weight excluding hydrogens is 360 g/mol. The van der Waals surface area contributed by atoms with Crippen LogP contribution in [0.15, 0.2) is 17.0 Å². The van der Waals surface area contributed by atoms with E-state index in [2.05, 4.69) is 11.8 Å². The Balaban J connectivity index is 1.68. The molecule has 1 aliphatic carbocycles. The topological polar surface area (TPSA) is 65.1 Å². The Labute approximate surface area is 178 Å². The molecule has 0 amide bonds. The van der Waals surface area contributed by atoms with Crippen molar-refractivity contribution in [3.8, 4) is 0 Å². The molecule has 29 heavy (non-hydrogen) atoms. The average molecular weight is 405 g/mol. The molecule has 3 rings (SSSR count). The first-order chi connectivity index (χ1) is 14.1. The SMILES string of the molecule is CCCCCN1CCC[C@@H](C[C@]2(CCC3CCCCC3)N=C(N)N(C)/C2=C\O)C1. The molecule has 0 aromatic carbocycles. The van der Waals surface area contributed by atoms with Gasteiger partial charge in [-0.25, -0.2) is 4.99 Å². The van der Waals surface area contributed by atoms with Crippen LogP contribution in [0.1, 0.15) is 90.4 Å². The maximum absolute atomic E-state index is 10.1. The molecule has 3 N–H and O–H groups in total. The second kappa shape index (κ2) is 10.7. The summed E-state index contributed by atoms with van der Waals surface area (Å²) in [5.74, 6) is 2.01. The predicted octanol–water partition coefficient (Wildman–Crippen LogP) is 5.04. The summed E-state index contributed by atoms with van der Waals surface area (Å²) in [5.41, 5.74) is 6.84. The minimum Gasteiger partial charge on any atom is -0.514 e. The zero-order valence-corrected chi connectivity index (χ0v) is 18.9. The van der Waals surface area contributed by atoms with E-state index in [4.69, 9.17) is 10.7 Å². The maximum atomic E-state index is 10.1. The number of nitrogens with two attached hydrogens (primary N) is 1. The Bertz CT molecular complexity index is 569. The van der Waals surface area contributed by atoms with E-state index in [0.29, 0.717) is 11.9 Å². The molecule has 0 aromatic heterocycles. The van der Waals surface area contributed by atoms with Crippen molar-refractivity contribution in [2.45, 2.75) is 95.9 Å². The Morgan fingerprint density at radius 2 is 1.90 bits per heavy atom. The molecule has 1 saturated heterocycles. The number of hydrogen-bond acceptors (Lipinski definition) is 5. The summed E-state index contributed by atoms with van der Waals surface area (Å²) in [5, 5.41) is 10.1. The highest BCUT2D eigenvalue weighted by Crippen LogP contribution is 2.43. The lowest BCUT2D eigenvalue weighted by Gasteiger charge is -2.38. The van der Waals surface area contributed by atoms with Crippen molar-refractivity contribution in [2.75, 3.05) is 26.7 Å². The van der Waals surface area contributed by atoms with Crippen molar-refractivity contribution >= 4 is 5.96 Å². The van der Waals surface area contributed by atoms with E-state index in [1.165, 1.54) is 96.5 Å². The van der Waals surface area contributed by atoms with E-state index in [1.54, 1.807) is 0 Å². The molecule has 2 atom stereocenters. The second-order valence-corrected chi connectivity index (χ2v) is 9.84. The van der Waals surface area contributed by atoms with Gasteiger partial charge in [-0.05, 0) is 63.5 Å². The monoisotopic (exact) mass is 404 g/mol. The Kier molecular flexibility index (Phi) is 8.28. The van der Waals surface area contributed by atoms with Crippen molar-refractivity contribution in [2.24, 2.45) is 22.6 Å². The van der Waals surface area contributed by atoms with E-state index in [0.717, 1.165) is 24.5 Å². The molecule has 5 heteroatoms. The van der Waals surface area contributed by atoms with Crippen LogP contribution in [0.3, 0.4) is 0 Å². The van der Waals surface area contributed by atoms with Crippen molar-refractivity contribution < 1.29 is 5.11 Å². The fraction of sp³-hybridized carbons (Fsp3) is 0.875. The summed E-state index contributed by atoms with van der Waals surface area (Å²) in [6.07, 6.45) is 17.9. The van der Waals surface area contributed by atoms with Crippen LogP contribution in [-0.2, 0) is 0 Å². The lowest BCUT2D eigenvalue weighted by Crippen LogP contribution is -2.41. The van der Waals surface area contributed by atoms with Gasteiger partial charge in [-0.1, -0.05) is 51.9 Å². The smallest absolute Gasteiger partial charge is 0.196 e. The fourth-order valence-corrected chi connectivity index (χ4v) is 5.93. The van der Waals surface area contributed by atoms with E-state index >= 15 is 0 Å². The van der Waals surface area contributed by atoms with Gasteiger partial charge in [-0.3, -0.25) is 0 Å². The number of guanidine groups is 1. The average Bonchev–Trinajstić information content (AvgIpc) is 2.97. The number of likely N-dealkylation sites (N-methyl/N-ethyl adjacent to an activating group) is 1. The predicted molar refractivity (Wildman–Crippen MR) is 122 cm³/mol. The summed E-state index contributed by atoms with van der Waals surface area (Å²) < 4.78 is 0. The normalized spacial score (nSPS) is 30.8. The number of hydrogen-bond donors (Lipinski definition) is 2. The fourth-order valence-electron chi connectivity index (χ4n) is 5.93. The van der Waals surface area contributed by atoms with Gasteiger partial charge < -0.3 is 20.6 Å². The number of piperidine rings is 1. The van der Waals surface area contributed by atoms with Crippen molar-refractivity contribution in [1.82, 2.24) is 9.80 Å². The van der Waals surface area contributed by atoms with Gasteiger partial charge in [0, 0.05) is 13.6 Å². The third-order valence-electron chi connectivity index (χ3n) is 7.63. The lowest BCUT2D eigenvalue weighted by molar-refractivity contribution is 0.145. The van der Waals surface area contributed by atoms with E-state index < -0.39 is 0 Å². The molecule has 166 valence electrons. The minimum absolute atomic E-state index is 0.331. The van der Waals surface area contributed by atoms with Crippen LogP contribution in [0.5, 0.6) is 0 Å². The van der Waals surface area contributed by atoms with Gasteiger partial charge in [0.15, 0.2) is 5.96 Å². The first-order valence-electron chi connectivity index (χ1n) is 12.2. The third kappa shape index (κ3) is 5.68. The Hall–Kier alpha value is -1.23. The molecule has 1 saturated carbocycles. The number of likely N-dealkylation sites (tertiary alicyclic amines) is 1. The highest BCUT2D eigenvalue weighted by molar-refractivity contribution is 5.83. The van der Waals surface area contributed by atoms with Gasteiger partial charge in [0.25, 0.3) is 0 Å². The van der Waals surface area contributed by atoms with Crippen LogP contribution in [0.4, 0.5) is 0 Å². The Morgan fingerprint density at radius 1 is 1.14 bits per heavy atom. The van der Waals surface area contributed by atoms with Gasteiger partial charge in [0.1, 0.15) is 11.8 Å². The molecule has 0 aromatic rings.